The van der Waals surface area contributed by atoms with Gasteiger partial charge in [0, 0.05) is 16.4 Å². The van der Waals surface area contributed by atoms with Gasteiger partial charge in [0.15, 0.2) is 5.82 Å². The van der Waals surface area contributed by atoms with Gasteiger partial charge in [0.1, 0.15) is 6.54 Å². The maximum absolute atomic E-state index is 6.03. The highest BCUT2D eigenvalue weighted by molar-refractivity contribution is 6.30. The zero-order valence-electron chi connectivity index (χ0n) is 15.5. The molecule has 0 aliphatic carbocycles. The third-order valence-electron chi connectivity index (χ3n) is 4.78. The number of quaternary nitrogens is 1. The normalized spacial score (nSPS) is 14.8. The number of nitrogen functional groups attached to an aromatic ring is 1. The Morgan fingerprint density at radius 3 is 2.54 bits per heavy atom. The lowest BCUT2D eigenvalue weighted by Gasteiger charge is -2.33. The van der Waals surface area contributed by atoms with Crippen molar-refractivity contribution in [2.75, 3.05) is 42.1 Å². The van der Waals surface area contributed by atoms with E-state index < -0.39 is 0 Å². The van der Waals surface area contributed by atoms with Crippen molar-refractivity contribution < 1.29 is 4.90 Å². The Balaban J connectivity index is 1.39. The number of hydrogen-bond donors (Lipinski definition) is 3. The smallest absolute Gasteiger partial charge is 0.232 e. The van der Waals surface area contributed by atoms with E-state index in [9.17, 15) is 0 Å². The van der Waals surface area contributed by atoms with Gasteiger partial charge >= 0.3 is 0 Å². The van der Waals surface area contributed by atoms with Crippen molar-refractivity contribution in [1.29, 1.82) is 0 Å². The molecule has 0 bridgehead atoms. The molecule has 0 radical (unpaired) electrons. The van der Waals surface area contributed by atoms with Crippen LogP contribution in [-0.4, -0.2) is 41.1 Å². The van der Waals surface area contributed by atoms with E-state index in [0.717, 1.165) is 38.4 Å². The van der Waals surface area contributed by atoms with E-state index in [1.54, 1.807) is 0 Å². The fraction of sp³-hybridized carbons (Fsp3) is 0.250. The minimum absolute atomic E-state index is 0.219. The Hall–Kier alpha value is -2.90. The molecule has 0 saturated carbocycles. The van der Waals surface area contributed by atoms with Gasteiger partial charge in [-0.1, -0.05) is 35.9 Å². The van der Waals surface area contributed by atoms with Gasteiger partial charge in [-0.2, -0.15) is 15.0 Å². The summed E-state index contributed by atoms with van der Waals surface area (Å²) >= 11 is 6.03. The SMILES string of the molecule is Nc1nc(C[NH+]2CCN(c3ccccc3)CC2)nc(Nc2cccc(Cl)c2)n1. The number of anilines is 4. The number of piperazine rings is 1. The van der Waals surface area contributed by atoms with Crippen molar-refractivity contribution in [3.8, 4) is 0 Å². The first kappa shape index (κ1) is 18.5. The van der Waals surface area contributed by atoms with Gasteiger partial charge in [-0.3, -0.25) is 0 Å². The fourth-order valence-corrected chi connectivity index (χ4v) is 3.58. The molecule has 7 nitrogen and oxygen atoms in total. The second kappa shape index (κ2) is 8.41. The zero-order chi connectivity index (χ0) is 19.3. The summed E-state index contributed by atoms with van der Waals surface area (Å²) in [5.74, 6) is 1.35. The third kappa shape index (κ3) is 4.68. The first-order valence-electron chi connectivity index (χ1n) is 9.32. The molecule has 2 heterocycles. The molecule has 1 aromatic heterocycles. The number of hydrogen-bond acceptors (Lipinski definition) is 6. The molecule has 4 N–H and O–H groups in total. The van der Waals surface area contributed by atoms with Gasteiger partial charge in [0.2, 0.25) is 11.9 Å². The Morgan fingerprint density at radius 1 is 1.00 bits per heavy atom. The van der Waals surface area contributed by atoms with E-state index in [-0.39, 0.29) is 5.95 Å². The van der Waals surface area contributed by atoms with E-state index in [0.29, 0.717) is 16.8 Å². The van der Waals surface area contributed by atoms with E-state index >= 15 is 0 Å². The standard InChI is InChI=1S/C20H22ClN7/c21-15-5-4-6-16(13-15)23-20-25-18(24-19(22)26-20)14-27-9-11-28(12-10-27)17-7-2-1-3-8-17/h1-8,13H,9-12,14H2,(H3,22,23,24,25,26)/p+1. The van der Waals surface area contributed by atoms with Gasteiger partial charge in [0.05, 0.1) is 26.2 Å². The van der Waals surface area contributed by atoms with Crippen LogP contribution in [0.5, 0.6) is 0 Å². The van der Waals surface area contributed by atoms with Crippen LogP contribution in [0.1, 0.15) is 5.82 Å². The number of nitrogens with two attached hydrogens (primary N) is 1. The molecule has 144 valence electrons. The first-order chi connectivity index (χ1) is 13.7. The van der Waals surface area contributed by atoms with Gasteiger partial charge < -0.3 is 20.9 Å². The Kier molecular flexibility index (Phi) is 5.55. The molecule has 4 rings (SSSR count). The summed E-state index contributed by atoms with van der Waals surface area (Å²) in [6.07, 6.45) is 0. The highest BCUT2D eigenvalue weighted by Gasteiger charge is 2.21. The zero-order valence-corrected chi connectivity index (χ0v) is 16.2. The van der Waals surface area contributed by atoms with Crippen LogP contribution in [0, 0.1) is 0 Å². The first-order valence-corrected chi connectivity index (χ1v) is 9.70. The van der Waals surface area contributed by atoms with Crippen molar-refractivity contribution >= 4 is 34.9 Å². The van der Waals surface area contributed by atoms with Crippen LogP contribution in [0.15, 0.2) is 54.6 Å². The van der Waals surface area contributed by atoms with Gasteiger partial charge in [-0.25, -0.2) is 0 Å². The molecule has 28 heavy (non-hydrogen) atoms. The van der Waals surface area contributed by atoms with Crippen LogP contribution < -0.4 is 20.9 Å². The van der Waals surface area contributed by atoms with Crippen LogP contribution >= 0.6 is 11.6 Å². The average Bonchev–Trinajstić information content (AvgIpc) is 2.69. The number of nitrogens with one attached hydrogen (secondary N) is 2. The number of nitrogens with zero attached hydrogens (tertiary/aromatic N) is 4. The quantitative estimate of drug-likeness (QED) is 0.609. The molecule has 1 fully saturated rings. The maximum atomic E-state index is 6.03. The minimum atomic E-state index is 0.219. The molecule has 0 spiro atoms. The van der Waals surface area contributed by atoms with Gasteiger partial charge in [0.25, 0.3) is 0 Å². The molecule has 0 atom stereocenters. The summed E-state index contributed by atoms with van der Waals surface area (Å²) in [5, 5.41) is 3.79. The monoisotopic (exact) mass is 396 g/mol. The molecule has 1 aliphatic rings. The highest BCUT2D eigenvalue weighted by Crippen LogP contribution is 2.18. The summed E-state index contributed by atoms with van der Waals surface area (Å²) in [6, 6.07) is 17.9. The summed E-state index contributed by atoms with van der Waals surface area (Å²) in [7, 11) is 0. The second-order valence-electron chi connectivity index (χ2n) is 6.82. The number of halogens is 1. The van der Waals surface area contributed by atoms with Crippen LogP contribution in [0.25, 0.3) is 0 Å². The summed E-state index contributed by atoms with van der Waals surface area (Å²) in [4.78, 5) is 16.9. The summed E-state index contributed by atoms with van der Waals surface area (Å²) in [6.45, 7) is 4.79. The molecule has 0 amide bonds. The molecule has 8 heteroatoms. The predicted octanol–water partition coefficient (Wildman–Crippen LogP) is 1.76. The summed E-state index contributed by atoms with van der Waals surface area (Å²) < 4.78 is 0. The highest BCUT2D eigenvalue weighted by atomic mass is 35.5. The molecular formula is C20H23ClN7+. The lowest BCUT2D eigenvalue weighted by molar-refractivity contribution is -0.915. The van der Waals surface area contributed by atoms with E-state index in [2.05, 4.69) is 49.4 Å². The average molecular weight is 397 g/mol. The maximum Gasteiger partial charge on any atom is 0.232 e. The third-order valence-corrected chi connectivity index (χ3v) is 5.01. The van der Waals surface area contributed by atoms with Crippen LogP contribution in [0.4, 0.5) is 23.3 Å². The molecule has 2 aromatic carbocycles. The fourth-order valence-electron chi connectivity index (χ4n) is 3.39. The van der Waals surface area contributed by atoms with Crippen molar-refractivity contribution in [2.24, 2.45) is 0 Å². The summed E-state index contributed by atoms with van der Waals surface area (Å²) in [5.41, 5.74) is 7.99. The molecule has 3 aromatic rings. The van der Waals surface area contributed by atoms with Crippen molar-refractivity contribution in [1.82, 2.24) is 15.0 Å². The molecule has 1 aliphatic heterocycles. The Labute approximate surface area is 169 Å². The second-order valence-corrected chi connectivity index (χ2v) is 7.25. The topological polar surface area (TPSA) is 84.4 Å². The van der Waals surface area contributed by atoms with Gasteiger partial charge in [-0.05, 0) is 30.3 Å². The number of rotatable bonds is 5. The number of benzene rings is 2. The van der Waals surface area contributed by atoms with E-state index in [1.165, 1.54) is 10.6 Å². The van der Waals surface area contributed by atoms with Crippen molar-refractivity contribution in [2.45, 2.75) is 6.54 Å². The lowest BCUT2D eigenvalue weighted by atomic mass is 10.2. The Morgan fingerprint density at radius 2 is 1.79 bits per heavy atom. The Bertz CT molecular complexity index is 927. The minimum Gasteiger partial charge on any atom is -0.368 e. The van der Waals surface area contributed by atoms with E-state index in [4.69, 9.17) is 17.3 Å². The van der Waals surface area contributed by atoms with E-state index in [1.807, 2.05) is 30.3 Å². The molecular weight excluding hydrogens is 374 g/mol. The number of aromatic nitrogens is 3. The lowest BCUT2D eigenvalue weighted by Crippen LogP contribution is -3.13. The van der Waals surface area contributed by atoms with Crippen LogP contribution in [-0.2, 0) is 6.54 Å². The largest absolute Gasteiger partial charge is 0.368 e. The van der Waals surface area contributed by atoms with Crippen molar-refractivity contribution in [3.05, 3.63) is 65.4 Å². The van der Waals surface area contributed by atoms with Gasteiger partial charge in [-0.15, -0.1) is 0 Å². The van der Waals surface area contributed by atoms with Crippen LogP contribution in [0.3, 0.4) is 0 Å². The van der Waals surface area contributed by atoms with Crippen molar-refractivity contribution in [3.63, 3.8) is 0 Å². The van der Waals surface area contributed by atoms with Crippen LogP contribution in [0.2, 0.25) is 5.02 Å². The number of para-hydroxylation sites is 1. The predicted molar refractivity (Wildman–Crippen MR) is 112 cm³/mol. The molecule has 1 saturated heterocycles. The molecule has 0 unspecified atom stereocenters.